The fourth-order valence-corrected chi connectivity index (χ4v) is 2.69. The van der Waals surface area contributed by atoms with Crippen molar-refractivity contribution in [2.24, 2.45) is 0 Å². The van der Waals surface area contributed by atoms with Gasteiger partial charge in [0.1, 0.15) is 0 Å². The lowest BCUT2D eigenvalue weighted by Gasteiger charge is -2.25. The molecule has 0 unspecified atom stereocenters. The minimum Gasteiger partial charge on any atom is -0.333 e. The van der Waals surface area contributed by atoms with Gasteiger partial charge in [0.2, 0.25) is 0 Å². The van der Waals surface area contributed by atoms with E-state index in [0.717, 1.165) is 35.2 Å². The number of rotatable bonds is 3. The lowest BCUT2D eigenvalue weighted by molar-refractivity contribution is 0.0739. The predicted molar refractivity (Wildman–Crippen MR) is 89.1 cm³/mol. The van der Waals surface area contributed by atoms with Crippen LogP contribution < -0.4 is 5.56 Å². The zero-order chi connectivity index (χ0) is 19.9. The molecule has 0 saturated heterocycles. The number of fused-ring (bicyclic) bond motifs is 1. The van der Waals surface area contributed by atoms with Crippen molar-refractivity contribution in [3.8, 4) is 0 Å². The third kappa shape index (κ3) is 3.27. The number of carbonyl (C=O) groups is 1. The van der Waals surface area contributed by atoms with Gasteiger partial charge in [0.25, 0.3) is 11.5 Å². The maximum absolute atomic E-state index is 13.7. The van der Waals surface area contributed by atoms with Crippen LogP contribution in [0.3, 0.4) is 0 Å². The van der Waals surface area contributed by atoms with Gasteiger partial charge >= 0.3 is 0 Å². The Balaban J connectivity index is 2.04. The molecule has 3 aromatic rings. The third-order valence-corrected chi connectivity index (χ3v) is 4.32. The molecular weight excluding hydrogens is 366 g/mol. The number of nitrogens with one attached hydrogen (secondary N) is 1. The van der Waals surface area contributed by atoms with Crippen LogP contribution in [0.2, 0.25) is 0 Å². The molecule has 1 N–H and O–H groups in total. The highest BCUT2D eigenvalue weighted by molar-refractivity contribution is 5.94. The molecule has 1 heterocycles. The van der Waals surface area contributed by atoms with E-state index in [1.807, 2.05) is 0 Å². The second kappa shape index (κ2) is 6.82. The standard InChI is InChI=1S/C18H13F4N3O2/c1-8(25(2)18(27)9-3-4-12(19)13(20)5-9)16-10-6-14(21)15(22)7-11(10)17(26)24-23-16/h3-8H,1-2H3,(H,24,26)/t8-/m1/s1. The molecule has 0 aliphatic heterocycles. The SMILES string of the molecule is C[C@H](c1n[nH]c(=O)c2cc(F)c(F)cc12)N(C)C(=O)c1ccc(F)c(F)c1. The van der Waals surface area contributed by atoms with Gasteiger partial charge in [-0.25, -0.2) is 22.7 Å². The highest BCUT2D eigenvalue weighted by atomic mass is 19.2. The monoisotopic (exact) mass is 379 g/mol. The number of hydrogen-bond donors (Lipinski definition) is 1. The van der Waals surface area contributed by atoms with Crippen molar-refractivity contribution in [3.63, 3.8) is 0 Å². The van der Waals surface area contributed by atoms with Crippen molar-refractivity contribution in [1.82, 2.24) is 15.1 Å². The first kappa shape index (κ1) is 18.6. The van der Waals surface area contributed by atoms with Gasteiger partial charge in [0, 0.05) is 18.0 Å². The summed E-state index contributed by atoms with van der Waals surface area (Å²) < 4.78 is 53.6. The Morgan fingerprint density at radius 2 is 1.59 bits per heavy atom. The third-order valence-electron chi connectivity index (χ3n) is 4.32. The van der Waals surface area contributed by atoms with E-state index in [1.165, 1.54) is 7.05 Å². The van der Waals surface area contributed by atoms with Crippen LogP contribution in [-0.4, -0.2) is 28.1 Å². The normalized spacial score (nSPS) is 12.2. The van der Waals surface area contributed by atoms with Gasteiger partial charge in [-0.05, 0) is 37.3 Å². The van der Waals surface area contributed by atoms with Gasteiger partial charge in [-0.1, -0.05) is 0 Å². The van der Waals surface area contributed by atoms with Crippen molar-refractivity contribution < 1.29 is 22.4 Å². The van der Waals surface area contributed by atoms with Crippen LogP contribution in [0.25, 0.3) is 10.8 Å². The fourth-order valence-electron chi connectivity index (χ4n) is 2.69. The zero-order valence-electron chi connectivity index (χ0n) is 14.2. The molecule has 0 aliphatic rings. The average Bonchev–Trinajstić information content (AvgIpc) is 2.64. The van der Waals surface area contributed by atoms with E-state index in [0.29, 0.717) is 0 Å². The first-order valence-electron chi connectivity index (χ1n) is 7.80. The molecule has 27 heavy (non-hydrogen) atoms. The second-order valence-corrected chi connectivity index (χ2v) is 5.97. The molecule has 0 saturated carbocycles. The first-order valence-corrected chi connectivity index (χ1v) is 7.80. The minimum atomic E-state index is -1.19. The number of H-pyrrole nitrogens is 1. The molecular formula is C18H13F4N3O2. The summed E-state index contributed by atoms with van der Waals surface area (Å²) in [5.41, 5.74) is -0.703. The van der Waals surface area contributed by atoms with Gasteiger partial charge in [-0.3, -0.25) is 9.59 Å². The summed E-state index contributed by atoms with van der Waals surface area (Å²) in [4.78, 5) is 25.6. The molecule has 0 bridgehead atoms. The van der Waals surface area contributed by atoms with E-state index < -0.39 is 40.8 Å². The van der Waals surface area contributed by atoms with Crippen LogP contribution in [0.1, 0.15) is 29.0 Å². The molecule has 9 heteroatoms. The average molecular weight is 379 g/mol. The maximum atomic E-state index is 13.7. The molecule has 2 aromatic carbocycles. The van der Waals surface area contributed by atoms with E-state index >= 15 is 0 Å². The summed E-state index contributed by atoms with van der Waals surface area (Å²) >= 11 is 0. The number of carbonyl (C=O) groups excluding carboxylic acids is 1. The van der Waals surface area contributed by atoms with Gasteiger partial charge in [0.15, 0.2) is 23.3 Å². The molecule has 1 amide bonds. The maximum Gasteiger partial charge on any atom is 0.272 e. The summed E-state index contributed by atoms with van der Waals surface area (Å²) in [6.07, 6.45) is 0. The molecule has 1 aromatic heterocycles. The topological polar surface area (TPSA) is 66.1 Å². The lowest BCUT2D eigenvalue weighted by atomic mass is 10.0. The van der Waals surface area contributed by atoms with Crippen LogP contribution in [0.5, 0.6) is 0 Å². The number of nitrogens with zero attached hydrogens (tertiary/aromatic N) is 2. The quantitative estimate of drug-likeness (QED) is 0.710. The van der Waals surface area contributed by atoms with E-state index in [1.54, 1.807) is 6.92 Å². The molecule has 0 spiro atoms. The Kier molecular flexibility index (Phi) is 4.69. The van der Waals surface area contributed by atoms with Crippen LogP contribution in [0, 0.1) is 23.3 Å². The Labute approximate surface area is 150 Å². The highest BCUT2D eigenvalue weighted by Crippen LogP contribution is 2.26. The minimum absolute atomic E-state index is 0.0371. The van der Waals surface area contributed by atoms with Crippen LogP contribution in [0.15, 0.2) is 35.1 Å². The number of benzene rings is 2. The fraction of sp³-hybridized carbons (Fsp3) is 0.167. The molecule has 3 rings (SSSR count). The zero-order valence-corrected chi connectivity index (χ0v) is 14.2. The van der Waals surface area contributed by atoms with Crippen LogP contribution >= 0.6 is 0 Å². The van der Waals surface area contributed by atoms with Gasteiger partial charge in [-0.2, -0.15) is 5.10 Å². The molecule has 140 valence electrons. The van der Waals surface area contributed by atoms with Crippen LogP contribution in [-0.2, 0) is 0 Å². The largest absolute Gasteiger partial charge is 0.333 e. The van der Waals surface area contributed by atoms with Gasteiger partial charge in [-0.15, -0.1) is 0 Å². The molecule has 0 aliphatic carbocycles. The Morgan fingerprint density at radius 1 is 1.00 bits per heavy atom. The Hall–Kier alpha value is -3.23. The lowest BCUT2D eigenvalue weighted by Crippen LogP contribution is -2.31. The van der Waals surface area contributed by atoms with Crippen LogP contribution in [0.4, 0.5) is 17.6 Å². The second-order valence-electron chi connectivity index (χ2n) is 5.97. The van der Waals surface area contributed by atoms with Gasteiger partial charge in [0.05, 0.1) is 17.1 Å². The van der Waals surface area contributed by atoms with Crippen molar-refractivity contribution in [2.75, 3.05) is 7.05 Å². The summed E-state index contributed by atoms with van der Waals surface area (Å²) in [5.74, 6) is -5.27. The summed E-state index contributed by atoms with van der Waals surface area (Å²) in [7, 11) is 1.38. The number of hydrogen-bond acceptors (Lipinski definition) is 3. The molecule has 0 radical (unpaired) electrons. The number of amides is 1. The smallest absolute Gasteiger partial charge is 0.272 e. The van der Waals surface area contributed by atoms with Crippen molar-refractivity contribution in [2.45, 2.75) is 13.0 Å². The highest BCUT2D eigenvalue weighted by Gasteiger charge is 2.24. The Morgan fingerprint density at radius 3 is 2.22 bits per heavy atom. The van der Waals surface area contributed by atoms with Gasteiger partial charge < -0.3 is 4.90 Å². The number of aromatic nitrogens is 2. The molecule has 1 atom stereocenters. The Bertz CT molecular complexity index is 1110. The van der Waals surface area contributed by atoms with Crippen molar-refractivity contribution in [1.29, 1.82) is 0 Å². The van der Waals surface area contributed by atoms with Crippen molar-refractivity contribution in [3.05, 3.63) is 75.2 Å². The summed E-state index contributed by atoms with van der Waals surface area (Å²) in [6.45, 7) is 1.54. The molecule has 5 nitrogen and oxygen atoms in total. The van der Waals surface area contributed by atoms with Crippen molar-refractivity contribution >= 4 is 16.7 Å². The summed E-state index contributed by atoms with van der Waals surface area (Å²) in [6, 6.07) is 3.49. The summed E-state index contributed by atoms with van der Waals surface area (Å²) in [5, 5.41) is 5.94. The predicted octanol–water partition coefficient (Wildman–Crippen LogP) is 3.31. The number of halogens is 4. The van der Waals surface area contributed by atoms with E-state index in [2.05, 4.69) is 10.2 Å². The number of aromatic amines is 1. The van der Waals surface area contributed by atoms with E-state index in [-0.39, 0.29) is 22.0 Å². The molecule has 0 fully saturated rings. The van der Waals surface area contributed by atoms with E-state index in [4.69, 9.17) is 0 Å². The van der Waals surface area contributed by atoms with E-state index in [9.17, 15) is 27.2 Å². The first-order chi connectivity index (χ1) is 12.7.